The van der Waals surface area contributed by atoms with E-state index in [1.807, 2.05) is 0 Å². The summed E-state index contributed by atoms with van der Waals surface area (Å²) in [6.07, 6.45) is 1.06. The third-order valence-corrected chi connectivity index (χ3v) is 3.30. The number of benzene rings is 2. The van der Waals surface area contributed by atoms with Gasteiger partial charge in [0.15, 0.2) is 0 Å². The zero-order valence-electron chi connectivity index (χ0n) is 11.6. The molecule has 2 rings (SSSR count). The van der Waals surface area contributed by atoms with Crippen molar-refractivity contribution in [3.8, 4) is 6.07 Å². The van der Waals surface area contributed by atoms with Crippen LogP contribution in [0.2, 0.25) is 0 Å². The van der Waals surface area contributed by atoms with Crippen LogP contribution < -0.4 is 10.6 Å². The van der Waals surface area contributed by atoms with Crippen molar-refractivity contribution in [2.24, 2.45) is 0 Å². The molecule has 0 heterocycles. The summed E-state index contributed by atoms with van der Waals surface area (Å²) in [5.41, 5.74) is 0.208. The molecule has 0 saturated carbocycles. The summed E-state index contributed by atoms with van der Waals surface area (Å²) in [5.74, 6) is -2.19. The van der Waals surface area contributed by atoms with Crippen LogP contribution in [0.4, 0.5) is 20.2 Å². The van der Waals surface area contributed by atoms with E-state index >= 15 is 0 Å². The minimum absolute atomic E-state index is 0.0457. The lowest BCUT2D eigenvalue weighted by molar-refractivity contribution is -0.112. The number of carbonyl (C=O) groups excluding carboxylic acids is 1. The van der Waals surface area contributed by atoms with Crippen molar-refractivity contribution in [2.75, 3.05) is 10.6 Å². The molecule has 0 fully saturated rings. The van der Waals surface area contributed by atoms with Gasteiger partial charge in [-0.2, -0.15) is 5.26 Å². The first-order valence-electron chi connectivity index (χ1n) is 6.38. The van der Waals surface area contributed by atoms with Gasteiger partial charge in [0.2, 0.25) is 0 Å². The molecular weight excluding hydrogens is 368 g/mol. The fourth-order valence-corrected chi connectivity index (χ4v) is 1.90. The molecule has 0 aliphatic heterocycles. The van der Waals surface area contributed by atoms with Gasteiger partial charge >= 0.3 is 0 Å². The van der Waals surface area contributed by atoms with Gasteiger partial charge in [-0.25, -0.2) is 8.78 Å². The second-order valence-corrected chi connectivity index (χ2v) is 5.32. The number of hydrogen-bond acceptors (Lipinski definition) is 3. The van der Waals surface area contributed by atoms with E-state index in [1.54, 1.807) is 30.3 Å². The minimum Gasteiger partial charge on any atom is -0.358 e. The topological polar surface area (TPSA) is 64.9 Å². The van der Waals surface area contributed by atoms with Gasteiger partial charge in [0.05, 0.1) is 5.69 Å². The van der Waals surface area contributed by atoms with Crippen molar-refractivity contribution in [1.82, 2.24) is 0 Å². The van der Waals surface area contributed by atoms with Gasteiger partial charge in [-0.1, -0.05) is 15.9 Å². The molecule has 116 valence electrons. The molecule has 0 radical (unpaired) electrons. The second kappa shape index (κ2) is 7.51. The van der Waals surface area contributed by atoms with E-state index in [0.29, 0.717) is 11.8 Å². The number of nitrogens with zero attached hydrogens (tertiary/aromatic N) is 1. The van der Waals surface area contributed by atoms with Crippen molar-refractivity contribution >= 4 is 33.2 Å². The summed E-state index contributed by atoms with van der Waals surface area (Å²) in [6, 6.07) is 11.4. The number of nitriles is 1. The van der Waals surface area contributed by atoms with Crippen molar-refractivity contribution < 1.29 is 13.6 Å². The minimum atomic E-state index is -0.827. The Bertz CT molecular complexity index is 798. The molecule has 0 aromatic heterocycles. The van der Waals surface area contributed by atoms with Crippen LogP contribution in [0.1, 0.15) is 0 Å². The van der Waals surface area contributed by atoms with E-state index in [-0.39, 0.29) is 11.3 Å². The number of amides is 1. The van der Waals surface area contributed by atoms with Gasteiger partial charge in [-0.3, -0.25) is 4.79 Å². The molecule has 0 saturated heterocycles. The predicted octanol–water partition coefficient (Wildman–Crippen LogP) is 4.19. The maximum absolute atomic E-state index is 13.5. The fourth-order valence-electron chi connectivity index (χ4n) is 1.64. The quantitative estimate of drug-likeness (QED) is 0.620. The Morgan fingerprint density at radius 1 is 1.17 bits per heavy atom. The van der Waals surface area contributed by atoms with E-state index in [9.17, 15) is 13.6 Å². The highest BCUT2D eigenvalue weighted by atomic mass is 79.9. The molecule has 0 aliphatic rings. The highest BCUT2D eigenvalue weighted by Gasteiger charge is 2.10. The molecule has 0 bridgehead atoms. The Balaban J connectivity index is 2.10. The Morgan fingerprint density at radius 3 is 2.48 bits per heavy atom. The van der Waals surface area contributed by atoms with Crippen LogP contribution in [-0.2, 0) is 4.79 Å². The summed E-state index contributed by atoms with van der Waals surface area (Å²) >= 11 is 3.27. The average molecular weight is 378 g/mol. The molecule has 1 amide bonds. The maximum Gasteiger partial charge on any atom is 0.267 e. The third-order valence-electron chi connectivity index (χ3n) is 2.77. The lowest BCUT2D eigenvalue weighted by Gasteiger charge is -2.06. The zero-order chi connectivity index (χ0) is 16.8. The van der Waals surface area contributed by atoms with Gasteiger partial charge in [-0.15, -0.1) is 0 Å². The van der Waals surface area contributed by atoms with Gasteiger partial charge in [0.25, 0.3) is 5.91 Å². The lowest BCUT2D eigenvalue weighted by Crippen LogP contribution is -2.14. The smallest absolute Gasteiger partial charge is 0.267 e. The zero-order valence-corrected chi connectivity index (χ0v) is 13.2. The van der Waals surface area contributed by atoms with Crippen molar-refractivity contribution in [3.63, 3.8) is 0 Å². The average Bonchev–Trinajstić information content (AvgIpc) is 2.52. The van der Waals surface area contributed by atoms with E-state index in [4.69, 9.17) is 5.26 Å². The standard InChI is InChI=1S/C16H10BrF2N3O/c17-11-1-4-13(5-2-11)22-16(23)10(8-20)9-21-15-6-3-12(18)7-14(15)19/h1-7,9,21H,(H,22,23)/b10-9-. The van der Waals surface area contributed by atoms with Gasteiger partial charge in [-0.05, 0) is 36.4 Å². The SMILES string of the molecule is N#C/C(=C/Nc1ccc(F)cc1F)C(=O)Nc1ccc(Br)cc1. The largest absolute Gasteiger partial charge is 0.358 e. The second-order valence-electron chi connectivity index (χ2n) is 4.40. The van der Waals surface area contributed by atoms with Gasteiger partial charge in [0.1, 0.15) is 23.3 Å². The first-order chi connectivity index (χ1) is 11.0. The van der Waals surface area contributed by atoms with E-state index < -0.39 is 17.5 Å². The Kier molecular flexibility index (Phi) is 5.44. The number of rotatable bonds is 4. The lowest BCUT2D eigenvalue weighted by atomic mass is 10.2. The number of nitrogens with one attached hydrogen (secondary N) is 2. The highest BCUT2D eigenvalue weighted by molar-refractivity contribution is 9.10. The molecule has 4 nitrogen and oxygen atoms in total. The summed E-state index contributed by atoms with van der Waals surface area (Å²) in [5, 5.41) is 14.0. The maximum atomic E-state index is 13.5. The van der Waals surface area contributed by atoms with E-state index in [0.717, 1.165) is 16.7 Å². The molecule has 0 atom stereocenters. The normalized spacial score (nSPS) is 10.8. The molecule has 2 aromatic carbocycles. The van der Waals surface area contributed by atoms with Crippen LogP contribution in [0, 0.1) is 23.0 Å². The van der Waals surface area contributed by atoms with Crippen LogP contribution in [0.25, 0.3) is 0 Å². The van der Waals surface area contributed by atoms with Crippen molar-refractivity contribution in [2.45, 2.75) is 0 Å². The predicted molar refractivity (Wildman–Crippen MR) is 86.4 cm³/mol. The molecule has 0 spiro atoms. The molecule has 7 heteroatoms. The molecule has 23 heavy (non-hydrogen) atoms. The number of carbonyl (C=O) groups is 1. The molecule has 0 unspecified atom stereocenters. The number of anilines is 2. The van der Waals surface area contributed by atoms with Crippen LogP contribution in [-0.4, -0.2) is 5.91 Å². The Morgan fingerprint density at radius 2 is 1.87 bits per heavy atom. The van der Waals surface area contributed by atoms with Crippen LogP contribution >= 0.6 is 15.9 Å². The van der Waals surface area contributed by atoms with Crippen LogP contribution in [0.5, 0.6) is 0 Å². The first kappa shape index (κ1) is 16.6. The summed E-state index contributed by atoms with van der Waals surface area (Å²) in [7, 11) is 0. The Hall–Kier alpha value is -2.72. The number of hydrogen-bond donors (Lipinski definition) is 2. The van der Waals surface area contributed by atoms with Gasteiger partial charge in [0, 0.05) is 22.4 Å². The van der Waals surface area contributed by atoms with Crippen LogP contribution in [0.15, 0.2) is 58.7 Å². The third kappa shape index (κ3) is 4.63. The Labute approximate surface area is 139 Å². The highest BCUT2D eigenvalue weighted by Crippen LogP contribution is 2.16. The summed E-state index contributed by atoms with van der Waals surface area (Å²) in [4.78, 5) is 12.0. The molecule has 0 aliphatic carbocycles. The first-order valence-corrected chi connectivity index (χ1v) is 7.17. The van der Waals surface area contributed by atoms with E-state index in [1.165, 1.54) is 6.07 Å². The number of halogens is 3. The monoisotopic (exact) mass is 377 g/mol. The summed E-state index contributed by atoms with van der Waals surface area (Å²) in [6.45, 7) is 0. The van der Waals surface area contributed by atoms with Crippen molar-refractivity contribution in [3.05, 3.63) is 70.3 Å². The molecule has 2 aromatic rings. The molecular formula is C16H10BrF2N3O. The fraction of sp³-hybridized carbons (Fsp3) is 0. The van der Waals surface area contributed by atoms with E-state index in [2.05, 4.69) is 26.6 Å². The van der Waals surface area contributed by atoms with Crippen LogP contribution in [0.3, 0.4) is 0 Å². The van der Waals surface area contributed by atoms with Gasteiger partial charge < -0.3 is 10.6 Å². The summed E-state index contributed by atoms with van der Waals surface area (Å²) < 4.78 is 27.1. The molecule has 2 N–H and O–H groups in total. The van der Waals surface area contributed by atoms with Crippen molar-refractivity contribution in [1.29, 1.82) is 5.26 Å².